The topological polar surface area (TPSA) is 75.9 Å². The first-order valence-electron chi connectivity index (χ1n) is 30.6. The van der Waals surface area contributed by atoms with Gasteiger partial charge < -0.3 is 14.4 Å². The van der Waals surface area contributed by atoms with Gasteiger partial charge in [0.15, 0.2) is 23.3 Å². The van der Waals surface area contributed by atoms with E-state index in [0.717, 1.165) is 101 Å². The molecule has 2 aliphatic rings. The zero-order valence-corrected chi connectivity index (χ0v) is 49.4. The summed E-state index contributed by atoms with van der Waals surface area (Å²) in [5, 5.41) is 2.36. The molecule has 9 heteroatoms. The van der Waals surface area contributed by atoms with Crippen LogP contribution in [0.5, 0.6) is 0 Å². The molecule has 12 aromatic carbocycles. The van der Waals surface area contributed by atoms with Gasteiger partial charge in [0, 0.05) is 78.2 Å². The van der Waals surface area contributed by atoms with Gasteiger partial charge in [-0.15, -0.1) is 0 Å². The van der Waals surface area contributed by atoms with Gasteiger partial charge in [0.1, 0.15) is 0 Å². The van der Waals surface area contributed by atoms with Gasteiger partial charge in [0.05, 0.1) is 33.8 Å². The SMILES string of the molecule is Cc1ccc2c(c1)c1cc(C)ccc1n2-c1ccc(-c2cc(-c3ccccc3)nc(-c3ccccc3)n2)cc1-c1nc(-c2ccccc2)nc(-c2ccc(-c3ccc4c5c3N(c3ccccc3)c3ccccc3B5c3ccccc3N4c3ccccc3)cc2)n1. The molecule has 90 heavy (non-hydrogen) atoms. The number of benzene rings is 12. The summed E-state index contributed by atoms with van der Waals surface area (Å²) in [6.45, 7) is 4.30. The Morgan fingerprint density at radius 2 is 0.722 bits per heavy atom. The van der Waals surface area contributed by atoms with Crippen LogP contribution in [-0.2, 0) is 0 Å². The Hall–Kier alpha value is -11.8. The molecule has 17 rings (SSSR count). The number of hydrogen-bond acceptors (Lipinski definition) is 7. The van der Waals surface area contributed by atoms with Gasteiger partial charge in [-0.3, -0.25) is 0 Å². The van der Waals surface area contributed by atoms with Crippen molar-refractivity contribution in [2.75, 3.05) is 9.80 Å². The van der Waals surface area contributed by atoms with Gasteiger partial charge in [-0.1, -0.05) is 223 Å². The van der Waals surface area contributed by atoms with Crippen molar-refractivity contribution in [3.8, 4) is 84.9 Å². The summed E-state index contributed by atoms with van der Waals surface area (Å²) in [6, 6.07) is 106. The molecule has 0 N–H and O–H groups in total. The number of para-hydroxylation sites is 4. The minimum absolute atomic E-state index is 0.0214. The summed E-state index contributed by atoms with van der Waals surface area (Å²) >= 11 is 0. The third kappa shape index (κ3) is 8.89. The number of anilines is 6. The standard InChI is InChI=1S/C81H55BN8/c1-52-36-44-70-63(48-52)64-49-53(2)37-45-71(64)90(70)72-46-42-59(69-51-68(55-22-8-3-9-23-55)83-78(84-69)56-24-10-4-11-25-56)50-65(72)81-86-79(57-26-12-5-13-27-57)85-80(87-81)58-40-38-54(39-41-58)62-43-47-75-76-77(62)89(61-30-16-7-17-31-61)74-35-21-19-33-67(74)82(76)66-32-18-20-34-73(66)88(75)60-28-14-6-15-29-60/h3-51H,1-2H3. The van der Waals surface area contributed by atoms with Crippen LogP contribution in [0.25, 0.3) is 107 Å². The first-order chi connectivity index (χ1) is 44.5. The van der Waals surface area contributed by atoms with Crippen molar-refractivity contribution < 1.29 is 0 Å². The third-order valence-electron chi connectivity index (χ3n) is 17.8. The molecule has 0 radical (unpaired) electrons. The second kappa shape index (κ2) is 21.6. The van der Waals surface area contributed by atoms with Crippen LogP contribution >= 0.6 is 0 Å². The lowest BCUT2D eigenvalue weighted by Gasteiger charge is -2.45. The van der Waals surface area contributed by atoms with E-state index in [1.807, 2.05) is 54.6 Å². The highest BCUT2D eigenvalue weighted by molar-refractivity contribution is 7.00. The smallest absolute Gasteiger partial charge is 0.252 e. The third-order valence-corrected chi connectivity index (χ3v) is 17.8. The maximum absolute atomic E-state index is 5.59. The Kier molecular flexibility index (Phi) is 12.6. The van der Waals surface area contributed by atoms with E-state index in [4.69, 9.17) is 24.9 Å². The molecular weight excluding hydrogens is 1100 g/mol. The lowest BCUT2D eigenvalue weighted by atomic mass is 9.33. The first-order valence-corrected chi connectivity index (χ1v) is 30.6. The predicted octanol–water partition coefficient (Wildman–Crippen LogP) is 18.1. The van der Waals surface area contributed by atoms with Crippen molar-refractivity contribution >= 4 is 79.0 Å². The summed E-state index contributed by atoms with van der Waals surface area (Å²) in [6.07, 6.45) is 0. The first kappa shape index (κ1) is 52.5. The van der Waals surface area contributed by atoms with Crippen LogP contribution in [-0.4, -0.2) is 36.2 Å². The van der Waals surface area contributed by atoms with E-state index in [2.05, 4.69) is 271 Å². The molecule has 8 nitrogen and oxygen atoms in total. The molecule has 0 fully saturated rings. The number of aromatic nitrogens is 6. The van der Waals surface area contributed by atoms with Crippen LogP contribution in [0.2, 0.25) is 0 Å². The molecule has 0 atom stereocenters. The quantitative estimate of drug-likeness (QED) is 0.126. The summed E-state index contributed by atoms with van der Waals surface area (Å²) < 4.78 is 2.37. The Morgan fingerprint density at radius 3 is 1.30 bits per heavy atom. The van der Waals surface area contributed by atoms with Crippen molar-refractivity contribution in [2.24, 2.45) is 0 Å². The van der Waals surface area contributed by atoms with Gasteiger partial charge in [-0.05, 0) is 121 Å². The van der Waals surface area contributed by atoms with Crippen LogP contribution in [0, 0.1) is 13.8 Å². The van der Waals surface area contributed by atoms with Gasteiger partial charge in [0.25, 0.3) is 6.71 Å². The fraction of sp³-hybridized carbons (Fsp3) is 0.0247. The minimum Gasteiger partial charge on any atom is -0.311 e. The maximum atomic E-state index is 5.59. The molecular formula is C81H55BN8. The van der Waals surface area contributed by atoms with Crippen LogP contribution in [0.4, 0.5) is 34.1 Å². The zero-order chi connectivity index (χ0) is 59.8. The lowest BCUT2D eigenvalue weighted by molar-refractivity contribution is 1.06. The number of nitrogens with zero attached hydrogens (tertiary/aromatic N) is 8. The summed E-state index contributed by atoms with van der Waals surface area (Å²) in [7, 11) is 0. The summed E-state index contributed by atoms with van der Waals surface area (Å²) in [4.78, 5) is 31.9. The van der Waals surface area contributed by atoms with E-state index in [0.29, 0.717) is 23.3 Å². The van der Waals surface area contributed by atoms with Gasteiger partial charge in [-0.25, -0.2) is 24.9 Å². The molecule has 0 aliphatic carbocycles. The van der Waals surface area contributed by atoms with Gasteiger partial charge in [-0.2, -0.15) is 0 Å². The van der Waals surface area contributed by atoms with Gasteiger partial charge in [0.2, 0.25) is 0 Å². The molecule has 422 valence electrons. The van der Waals surface area contributed by atoms with Crippen LogP contribution in [0.1, 0.15) is 11.1 Å². The van der Waals surface area contributed by atoms with Crippen LogP contribution in [0.3, 0.4) is 0 Å². The molecule has 0 spiro atoms. The molecule has 2 aliphatic heterocycles. The zero-order valence-electron chi connectivity index (χ0n) is 49.4. The van der Waals surface area contributed by atoms with E-state index in [1.54, 1.807) is 0 Å². The molecule has 0 saturated carbocycles. The highest BCUT2D eigenvalue weighted by Crippen LogP contribution is 2.48. The van der Waals surface area contributed by atoms with Crippen molar-refractivity contribution in [2.45, 2.75) is 13.8 Å². The van der Waals surface area contributed by atoms with Crippen LogP contribution < -0.4 is 26.2 Å². The van der Waals surface area contributed by atoms with Crippen molar-refractivity contribution in [3.05, 3.63) is 308 Å². The minimum atomic E-state index is -0.0214. The summed E-state index contributed by atoms with van der Waals surface area (Å²) in [5.74, 6) is 2.28. The summed E-state index contributed by atoms with van der Waals surface area (Å²) in [5.41, 5.74) is 25.3. The van der Waals surface area contributed by atoms with Crippen molar-refractivity contribution in [3.63, 3.8) is 0 Å². The van der Waals surface area contributed by atoms with E-state index in [9.17, 15) is 0 Å². The fourth-order valence-corrected chi connectivity index (χ4v) is 13.6. The molecule has 0 unspecified atom stereocenters. The van der Waals surface area contributed by atoms with Gasteiger partial charge >= 0.3 is 0 Å². The number of hydrogen-bond donors (Lipinski definition) is 0. The molecule has 0 bridgehead atoms. The normalized spacial score (nSPS) is 12.3. The average molecular weight is 1150 g/mol. The van der Waals surface area contributed by atoms with Crippen molar-refractivity contribution in [1.82, 2.24) is 29.5 Å². The highest BCUT2D eigenvalue weighted by Gasteiger charge is 2.44. The van der Waals surface area contributed by atoms with Crippen LogP contribution in [0.15, 0.2) is 297 Å². The maximum Gasteiger partial charge on any atom is 0.252 e. The molecule has 0 saturated heterocycles. The number of fused-ring (bicyclic) bond motifs is 7. The number of aryl methyl sites for hydroxylation is 2. The molecule has 0 amide bonds. The average Bonchev–Trinajstić information content (AvgIpc) is 0.841. The van der Waals surface area contributed by atoms with E-state index in [1.165, 1.54) is 44.0 Å². The Morgan fingerprint density at radius 1 is 0.289 bits per heavy atom. The Bertz CT molecular complexity index is 5140. The van der Waals surface area contributed by atoms with E-state index in [-0.39, 0.29) is 6.71 Å². The second-order valence-electron chi connectivity index (χ2n) is 23.3. The Labute approximate surface area is 522 Å². The molecule has 5 heterocycles. The van der Waals surface area contributed by atoms with E-state index >= 15 is 0 Å². The van der Waals surface area contributed by atoms with E-state index < -0.39 is 0 Å². The largest absolute Gasteiger partial charge is 0.311 e. The fourth-order valence-electron chi connectivity index (χ4n) is 13.6. The number of rotatable bonds is 10. The monoisotopic (exact) mass is 1150 g/mol. The molecule has 3 aromatic heterocycles. The Balaban J connectivity index is 0.873. The molecule has 15 aromatic rings. The van der Waals surface area contributed by atoms with Crippen molar-refractivity contribution in [1.29, 1.82) is 0 Å². The second-order valence-corrected chi connectivity index (χ2v) is 23.3. The predicted molar refractivity (Wildman–Crippen MR) is 371 cm³/mol. The highest BCUT2D eigenvalue weighted by atomic mass is 15.2. The lowest BCUT2D eigenvalue weighted by Crippen LogP contribution is -2.61.